The summed E-state index contributed by atoms with van der Waals surface area (Å²) in [6, 6.07) is 7.41. The van der Waals surface area contributed by atoms with Crippen LogP contribution in [0.1, 0.15) is 19.8 Å². The van der Waals surface area contributed by atoms with Crippen LogP contribution in [0.25, 0.3) is 0 Å². The minimum atomic E-state index is -0.0903. The van der Waals surface area contributed by atoms with Gasteiger partial charge in [0.05, 0.1) is 19.7 Å². The molecule has 5 nitrogen and oxygen atoms in total. The van der Waals surface area contributed by atoms with E-state index >= 15 is 0 Å². The first-order chi connectivity index (χ1) is 9.69. The van der Waals surface area contributed by atoms with Gasteiger partial charge in [0.1, 0.15) is 17.6 Å². The van der Waals surface area contributed by atoms with Crippen molar-refractivity contribution in [3.8, 4) is 11.5 Å². The van der Waals surface area contributed by atoms with Crippen molar-refractivity contribution in [2.75, 3.05) is 20.2 Å². The molecule has 2 N–H and O–H groups in total. The van der Waals surface area contributed by atoms with Crippen molar-refractivity contribution in [3.63, 3.8) is 0 Å². The Balaban J connectivity index is 0.00000220. The van der Waals surface area contributed by atoms with Crippen molar-refractivity contribution in [2.24, 2.45) is 0 Å². The van der Waals surface area contributed by atoms with Gasteiger partial charge < -0.3 is 20.1 Å². The molecular weight excluding hydrogens is 292 g/mol. The molecule has 0 bridgehead atoms. The van der Waals surface area contributed by atoms with E-state index in [1.54, 1.807) is 7.11 Å². The van der Waals surface area contributed by atoms with Crippen LogP contribution in [0.15, 0.2) is 24.3 Å². The lowest BCUT2D eigenvalue weighted by atomic mass is 10.2. The fourth-order valence-electron chi connectivity index (χ4n) is 2.22. The van der Waals surface area contributed by atoms with E-state index in [1.165, 1.54) is 0 Å². The molecule has 1 saturated heterocycles. The maximum Gasteiger partial charge on any atom is 0.237 e. The number of benzene rings is 1. The molecule has 6 heteroatoms. The second-order valence-electron chi connectivity index (χ2n) is 5.00. The molecule has 1 heterocycles. The number of methoxy groups -OCH3 is 1. The molecule has 1 aliphatic rings. The van der Waals surface area contributed by atoms with Gasteiger partial charge in [-0.2, -0.15) is 0 Å². The van der Waals surface area contributed by atoms with E-state index in [9.17, 15) is 4.79 Å². The van der Waals surface area contributed by atoms with Gasteiger partial charge >= 0.3 is 0 Å². The van der Waals surface area contributed by atoms with E-state index in [0.29, 0.717) is 6.54 Å². The zero-order chi connectivity index (χ0) is 14.4. The van der Waals surface area contributed by atoms with Gasteiger partial charge in [-0.05, 0) is 38.4 Å². The zero-order valence-corrected chi connectivity index (χ0v) is 13.2. The van der Waals surface area contributed by atoms with Gasteiger partial charge in [0.15, 0.2) is 0 Å². The second kappa shape index (κ2) is 8.74. The van der Waals surface area contributed by atoms with Gasteiger partial charge in [-0.3, -0.25) is 4.79 Å². The second-order valence-corrected chi connectivity index (χ2v) is 5.00. The van der Waals surface area contributed by atoms with Crippen LogP contribution in [0, 0.1) is 0 Å². The summed E-state index contributed by atoms with van der Waals surface area (Å²) in [4.78, 5) is 11.9. The molecule has 2 atom stereocenters. The largest absolute Gasteiger partial charge is 0.497 e. The van der Waals surface area contributed by atoms with E-state index in [1.807, 2.05) is 31.2 Å². The molecule has 1 amide bonds. The fraction of sp³-hybridized carbons (Fsp3) is 0.533. The summed E-state index contributed by atoms with van der Waals surface area (Å²) in [6.45, 7) is 3.35. The van der Waals surface area contributed by atoms with Crippen molar-refractivity contribution in [2.45, 2.75) is 31.9 Å². The Morgan fingerprint density at radius 3 is 2.90 bits per heavy atom. The Bertz CT molecular complexity index is 450. The number of hydrogen-bond acceptors (Lipinski definition) is 4. The average molecular weight is 315 g/mol. The molecule has 2 unspecified atom stereocenters. The maximum atomic E-state index is 11.9. The lowest BCUT2D eigenvalue weighted by Gasteiger charge is -2.17. The number of rotatable bonds is 6. The first-order valence-corrected chi connectivity index (χ1v) is 7.01. The van der Waals surface area contributed by atoms with Crippen molar-refractivity contribution in [3.05, 3.63) is 24.3 Å². The molecule has 1 aromatic rings. The van der Waals surface area contributed by atoms with Crippen LogP contribution >= 0.6 is 12.4 Å². The molecule has 1 aromatic carbocycles. The number of carbonyl (C=O) groups is 1. The van der Waals surface area contributed by atoms with Crippen molar-refractivity contribution < 1.29 is 14.3 Å². The monoisotopic (exact) mass is 314 g/mol. The third kappa shape index (κ3) is 5.44. The molecular formula is C15H23ClN2O3. The predicted molar refractivity (Wildman–Crippen MR) is 84.4 cm³/mol. The standard InChI is InChI=1S/C15H22N2O3.ClH/c1-11(10-17-15(18)14-7-4-8-16-14)20-13-6-3-5-12(9-13)19-2;/h3,5-6,9,11,14,16H,4,7-8,10H2,1-2H3,(H,17,18);1H. The predicted octanol–water partition coefficient (Wildman–Crippen LogP) is 1.75. The summed E-state index contributed by atoms with van der Waals surface area (Å²) in [5, 5.41) is 6.09. The molecule has 0 saturated carbocycles. The van der Waals surface area contributed by atoms with Crippen LogP contribution in [0.2, 0.25) is 0 Å². The Morgan fingerprint density at radius 1 is 1.48 bits per heavy atom. The Kier molecular flexibility index (Phi) is 7.32. The highest BCUT2D eigenvalue weighted by molar-refractivity contribution is 5.85. The first-order valence-electron chi connectivity index (χ1n) is 7.01. The Labute approximate surface area is 131 Å². The highest BCUT2D eigenvalue weighted by Crippen LogP contribution is 2.19. The van der Waals surface area contributed by atoms with E-state index < -0.39 is 0 Å². The van der Waals surface area contributed by atoms with Crippen LogP contribution < -0.4 is 20.1 Å². The number of ether oxygens (including phenoxy) is 2. The molecule has 0 aromatic heterocycles. The molecule has 0 radical (unpaired) electrons. The minimum Gasteiger partial charge on any atom is -0.497 e. The topological polar surface area (TPSA) is 59.6 Å². The van der Waals surface area contributed by atoms with Crippen LogP contribution in [0.5, 0.6) is 11.5 Å². The number of amides is 1. The maximum absolute atomic E-state index is 11.9. The highest BCUT2D eigenvalue weighted by Gasteiger charge is 2.22. The number of nitrogens with one attached hydrogen (secondary N) is 2. The van der Waals surface area contributed by atoms with E-state index in [-0.39, 0.29) is 30.5 Å². The van der Waals surface area contributed by atoms with E-state index in [0.717, 1.165) is 30.9 Å². The van der Waals surface area contributed by atoms with Crippen LogP contribution in [-0.4, -0.2) is 38.3 Å². The Hall–Kier alpha value is -1.46. The normalized spacial score (nSPS) is 18.5. The SMILES string of the molecule is COc1cccc(OC(C)CNC(=O)C2CCCN2)c1.Cl. The van der Waals surface area contributed by atoms with Gasteiger partial charge in [-0.15, -0.1) is 12.4 Å². The molecule has 0 aliphatic carbocycles. The number of carbonyl (C=O) groups excluding carboxylic acids is 1. The van der Waals surface area contributed by atoms with Crippen LogP contribution in [-0.2, 0) is 4.79 Å². The van der Waals surface area contributed by atoms with E-state index in [4.69, 9.17) is 9.47 Å². The number of halogens is 1. The molecule has 0 spiro atoms. The van der Waals surface area contributed by atoms with Crippen molar-refractivity contribution in [1.82, 2.24) is 10.6 Å². The lowest BCUT2D eigenvalue weighted by molar-refractivity contribution is -0.123. The fourth-order valence-corrected chi connectivity index (χ4v) is 2.22. The van der Waals surface area contributed by atoms with Gasteiger partial charge in [0.25, 0.3) is 0 Å². The molecule has 2 rings (SSSR count). The zero-order valence-electron chi connectivity index (χ0n) is 12.4. The summed E-state index contributed by atoms with van der Waals surface area (Å²) >= 11 is 0. The van der Waals surface area contributed by atoms with Crippen LogP contribution in [0.3, 0.4) is 0 Å². The summed E-state index contributed by atoms with van der Waals surface area (Å²) in [5.41, 5.74) is 0. The number of hydrogen-bond donors (Lipinski definition) is 2. The highest BCUT2D eigenvalue weighted by atomic mass is 35.5. The van der Waals surface area contributed by atoms with Gasteiger partial charge in [0.2, 0.25) is 5.91 Å². The Morgan fingerprint density at radius 2 is 2.24 bits per heavy atom. The van der Waals surface area contributed by atoms with Gasteiger partial charge in [-0.1, -0.05) is 6.07 Å². The lowest BCUT2D eigenvalue weighted by Crippen LogP contribution is -2.43. The first kappa shape index (κ1) is 17.6. The summed E-state index contributed by atoms with van der Waals surface area (Å²) in [6.07, 6.45) is 1.89. The van der Waals surface area contributed by atoms with Crippen molar-refractivity contribution in [1.29, 1.82) is 0 Å². The third-order valence-electron chi connectivity index (χ3n) is 3.32. The smallest absolute Gasteiger partial charge is 0.237 e. The molecule has 21 heavy (non-hydrogen) atoms. The van der Waals surface area contributed by atoms with Crippen LogP contribution in [0.4, 0.5) is 0 Å². The summed E-state index contributed by atoms with van der Waals surface area (Å²) < 4.78 is 10.9. The van der Waals surface area contributed by atoms with Crippen molar-refractivity contribution >= 4 is 18.3 Å². The van der Waals surface area contributed by atoms with Gasteiger partial charge in [-0.25, -0.2) is 0 Å². The quantitative estimate of drug-likeness (QED) is 0.840. The third-order valence-corrected chi connectivity index (χ3v) is 3.32. The molecule has 118 valence electrons. The average Bonchev–Trinajstić information content (AvgIpc) is 2.99. The molecule has 1 fully saturated rings. The summed E-state index contributed by atoms with van der Waals surface area (Å²) in [5.74, 6) is 1.56. The summed E-state index contributed by atoms with van der Waals surface area (Å²) in [7, 11) is 1.62. The minimum absolute atomic E-state index is 0. The molecule has 1 aliphatic heterocycles. The van der Waals surface area contributed by atoms with E-state index in [2.05, 4.69) is 10.6 Å². The van der Waals surface area contributed by atoms with Gasteiger partial charge in [0, 0.05) is 6.07 Å².